The molecule has 0 aliphatic carbocycles. The average molecular weight is 305 g/mol. The Balaban J connectivity index is 2.22. The Labute approximate surface area is 124 Å². The van der Waals surface area contributed by atoms with Crippen LogP contribution in [0, 0.1) is 0 Å². The molecule has 116 valence electrons. The number of likely N-dealkylation sites (N-methyl/N-ethyl adjacent to an activating group) is 1. The number of hydrogen-bond donors (Lipinski definition) is 0. The number of carbonyl (C=O) groups is 2. The Kier molecular flexibility index (Phi) is 6.94. The van der Waals surface area contributed by atoms with Crippen molar-refractivity contribution in [1.82, 2.24) is 4.90 Å². The van der Waals surface area contributed by atoms with Crippen LogP contribution in [-0.2, 0) is 23.8 Å². The van der Waals surface area contributed by atoms with Crippen LogP contribution < -0.4 is 0 Å². The lowest BCUT2D eigenvalue weighted by Crippen LogP contribution is -2.54. The van der Waals surface area contributed by atoms with Gasteiger partial charge in [-0.2, -0.15) is 0 Å². The van der Waals surface area contributed by atoms with Crippen LogP contribution in [0.2, 0.25) is 0 Å². The molecule has 1 fully saturated rings. The molecule has 0 spiro atoms. The Morgan fingerprint density at radius 2 is 1.95 bits per heavy atom. The zero-order valence-electron chi connectivity index (χ0n) is 12.5. The van der Waals surface area contributed by atoms with Gasteiger partial charge in [-0.15, -0.1) is 0 Å². The van der Waals surface area contributed by atoms with Gasteiger partial charge in [0.25, 0.3) is 5.91 Å². The minimum Gasteiger partial charge on any atom is -0.373 e. The molecule has 1 amide bonds. The molecule has 1 aliphatic rings. The summed E-state index contributed by atoms with van der Waals surface area (Å²) in [5, 5.41) is 0.118. The van der Waals surface area contributed by atoms with Crippen LogP contribution in [0.1, 0.15) is 20.3 Å². The summed E-state index contributed by atoms with van der Waals surface area (Å²) in [6, 6.07) is 0. The van der Waals surface area contributed by atoms with Crippen molar-refractivity contribution in [2.45, 2.75) is 32.2 Å². The van der Waals surface area contributed by atoms with Crippen molar-refractivity contribution in [2.24, 2.45) is 0 Å². The average Bonchev–Trinajstić information content (AvgIpc) is 2.39. The quantitative estimate of drug-likeness (QED) is 0.679. The van der Waals surface area contributed by atoms with Crippen LogP contribution in [0.25, 0.3) is 0 Å². The van der Waals surface area contributed by atoms with E-state index in [4.69, 9.17) is 14.2 Å². The first-order chi connectivity index (χ1) is 9.35. The highest BCUT2D eigenvalue weighted by molar-refractivity contribution is 8.13. The van der Waals surface area contributed by atoms with Gasteiger partial charge in [-0.05, 0) is 13.3 Å². The second kappa shape index (κ2) is 7.97. The largest absolute Gasteiger partial charge is 0.373 e. The maximum atomic E-state index is 11.9. The molecular formula is C13H23NO5S. The van der Waals surface area contributed by atoms with Crippen molar-refractivity contribution >= 4 is 22.8 Å². The van der Waals surface area contributed by atoms with Crippen LogP contribution in [0.4, 0.5) is 0 Å². The van der Waals surface area contributed by atoms with Crippen LogP contribution in [0.15, 0.2) is 0 Å². The number of ether oxygens (including phenoxy) is 3. The number of nitrogens with zero attached hydrogens (tertiary/aromatic N) is 1. The molecule has 0 unspecified atom stereocenters. The van der Waals surface area contributed by atoms with Gasteiger partial charge in [0.05, 0.1) is 13.2 Å². The standard InChI is InChI=1S/C13H23NO5S/c1-10(15)20-7-5-6-17-11-8-18-13(2,19-9-11)12(16)14(3)4/h11H,5-9H2,1-4H3. The molecule has 0 N–H and O–H groups in total. The number of rotatable bonds is 6. The van der Waals surface area contributed by atoms with Gasteiger partial charge in [0.1, 0.15) is 6.10 Å². The molecule has 0 aromatic heterocycles. The third-order valence-corrected chi connectivity index (χ3v) is 3.73. The molecule has 0 saturated carbocycles. The second-order valence-electron chi connectivity index (χ2n) is 4.95. The molecule has 0 radical (unpaired) electrons. The van der Waals surface area contributed by atoms with Crippen molar-refractivity contribution in [2.75, 3.05) is 39.7 Å². The van der Waals surface area contributed by atoms with Crippen molar-refractivity contribution in [3.63, 3.8) is 0 Å². The minimum absolute atomic E-state index is 0.118. The van der Waals surface area contributed by atoms with Crippen molar-refractivity contribution in [3.8, 4) is 0 Å². The highest BCUT2D eigenvalue weighted by atomic mass is 32.2. The maximum absolute atomic E-state index is 11.9. The first-order valence-electron chi connectivity index (χ1n) is 6.60. The van der Waals surface area contributed by atoms with Crippen LogP contribution in [0.3, 0.4) is 0 Å². The summed E-state index contributed by atoms with van der Waals surface area (Å²) in [6.45, 7) is 4.38. The normalized spacial score (nSPS) is 26.3. The van der Waals surface area contributed by atoms with Gasteiger partial charge in [0.2, 0.25) is 5.79 Å². The molecule has 0 atom stereocenters. The Morgan fingerprint density at radius 1 is 1.35 bits per heavy atom. The predicted molar refractivity (Wildman–Crippen MR) is 76.5 cm³/mol. The van der Waals surface area contributed by atoms with Crippen LogP contribution in [-0.4, -0.2) is 67.5 Å². The van der Waals surface area contributed by atoms with E-state index in [1.54, 1.807) is 27.9 Å². The summed E-state index contributed by atoms with van der Waals surface area (Å²) < 4.78 is 16.6. The Morgan fingerprint density at radius 3 is 2.45 bits per heavy atom. The van der Waals surface area contributed by atoms with E-state index in [-0.39, 0.29) is 17.1 Å². The molecule has 1 saturated heterocycles. The number of hydrogen-bond acceptors (Lipinski definition) is 6. The zero-order chi connectivity index (χ0) is 15.2. The third-order valence-electron chi connectivity index (χ3n) is 2.83. The van der Waals surface area contributed by atoms with Gasteiger partial charge in [-0.25, -0.2) is 0 Å². The summed E-state index contributed by atoms with van der Waals surface area (Å²) >= 11 is 1.29. The fourth-order valence-corrected chi connectivity index (χ4v) is 2.29. The lowest BCUT2D eigenvalue weighted by molar-refractivity contribution is -0.278. The fourth-order valence-electron chi connectivity index (χ4n) is 1.74. The summed E-state index contributed by atoms with van der Waals surface area (Å²) in [5.41, 5.74) is 0. The number of amides is 1. The van der Waals surface area contributed by atoms with E-state index in [0.29, 0.717) is 19.8 Å². The smallest absolute Gasteiger partial charge is 0.282 e. The summed E-state index contributed by atoms with van der Waals surface area (Å²) in [5.74, 6) is -0.678. The first-order valence-corrected chi connectivity index (χ1v) is 7.58. The highest BCUT2D eigenvalue weighted by Crippen LogP contribution is 2.21. The van der Waals surface area contributed by atoms with Crippen LogP contribution in [0.5, 0.6) is 0 Å². The first kappa shape index (κ1) is 17.4. The Hall–Kier alpha value is -0.630. The lowest BCUT2D eigenvalue weighted by Gasteiger charge is -2.37. The minimum atomic E-state index is -1.21. The van der Waals surface area contributed by atoms with Crippen molar-refractivity contribution in [1.29, 1.82) is 0 Å². The topological polar surface area (TPSA) is 65.1 Å². The molecule has 20 heavy (non-hydrogen) atoms. The molecule has 6 nitrogen and oxygen atoms in total. The fraction of sp³-hybridized carbons (Fsp3) is 0.846. The predicted octanol–water partition coefficient (Wildman–Crippen LogP) is 0.893. The summed E-state index contributed by atoms with van der Waals surface area (Å²) in [7, 11) is 3.32. The molecular weight excluding hydrogens is 282 g/mol. The number of carbonyl (C=O) groups excluding carboxylic acids is 2. The molecule has 0 aromatic carbocycles. The van der Waals surface area contributed by atoms with Gasteiger partial charge < -0.3 is 19.1 Å². The zero-order valence-corrected chi connectivity index (χ0v) is 13.3. The van der Waals surface area contributed by atoms with E-state index in [2.05, 4.69) is 0 Å². The lowest BCUT2D eigenvalue weighted by atomic mass is 10.2. The van der Waals surface area contributed by atoms with Gasteiger partial charge in [-0.1, -0.05) is 11.8 Å². The van der Waals surface area contributed by atoms with E-state index in [0.717, 1.165) is 12.2 Å². The van der Waals surface area contributed by atoms with Crippen LogP contribution >= 0.6 is 11.8 Å². The maximum Gasteiger partial charge on any atom is 0.282 e. The van der Waals surface area contributed by atoms with E-state index in [9.17, 15) is 9.59 Å². The van der Waals surface area contributed by atoms with Crippen molar-refractivity contribution < 1.29 is 23.8 Å². The van der Waals surface area contributed by atoms with E-state index < -0.39 is 5.79 Å². The molecule has 1 aliphatic heterocycles. The van der Waals surface area contributed by atoms with E-state index in [1.165, 1.54) is 16.7 Å². The Bertz CT molecular complexity index is 340. The van der Waals surface area contributed by atoms with Gasteiger partial charge in [-0.3, -0.25) is 9.59 Å². The molecule has 1 heterocycles. The van der Waals surface area contributed by atoms with E-state index in [1.807, 2.05) is 0 Å². The summed E-state index contributed by atoms with van der Waals surface area (Å²) in [4.78, 5) is 24.1. The molecule has 0 bridgehead atoms. The summed E-state index contributed by atoms with van der Waals surface area (Å²) in [6.07, 6.45) is 0.634. The molecule has 0 aromatic rings. The number of thioether (sulfide) groups is 1. The van der Waals surface area contributed by atoms with Crippen molar-refractivity contribution in [3.05, 3.63) is 0 Å². The van der Waals surface area contributed by atoms with Gasteiger partial charge in [0.15, 0.2) is 5.12 Å². The van der Waals surface area contributed by atoms with Gasteiger partial charge in [0, 0.05) is 33.4 Å². The molecule has 7 heteroatoms. The monoisotopic (exact) mass is 305 g/mol. The van der Waals surface area contributed by atoms with E-state index >= 15 is 0 Å². The second-order valence-corrected chi connectivity index (χ2v) is 6.23. The van der Waals surface area contributed by atoms with Gasteiger partial charge >= 0.3 is 0 Å². The SMILES string of the molecule is CC(=O)SCCCOC1COC(C)(C(=O)N(C)C)OC1. The highest BCUT2D eigenvalue weighted by Gasteiger charge is 2.41. The third kappa shape index (κ3) is 5.40. The molecule has 1 rings (SSSR count).